The van der Waals surface area contributed by atoms with Crippen molar-refractivity contribution in [3.05, 3.63) is 21.3 Å². The fraction of sp³-hybridized carbons (Fsp3) is 0.429. The monoisotopic (exact) mass is 388 g/mol. The third kappa shape index (κ3) is 2.06. The summed E-state index contributed by atoms with van der Waals surface area (Å²) in [4.78, 5) is 27.7. The van der Waals surface area contributed by atoms with Gasteiger partial charge in [0, 0.05) is 17.7 Å². The number of hydrogen-bond donors (Lipinski definition) is 0. The first-order chi connectivity index (χ1) is 9.21. The topological polar surface area (TPSA) is 49.9 Å². The predicted octanol–water partition coefficient (Wildman–Crippen LogP) is 2.27. The lowest BCUT2D eigenvalue weighted by molar-refractivity contribution is -0.122. The highest BCUT2D eigenvalue weighted by molar-refractivity contribution is 14.1. The maximum Gasteiger partial charge on any atom is 0.339 e. The third-order valence-electron chi connectivity index (χ3n) is 3.86. The van der Waals surface area contributed by atoms with Crippen molar-refractivity contribution in [2.45, 2.75) is 19.4 Å². The van der Waals surface area contributed by atoms with E-state index >= 15 is 0 Å². The Morgan fingerprint density at radius 1 is 1.25 bits per heavy atom. The fourth-order valence-corrected chi connectivity index (χ4v) is 2.99. The van der Waals surface area contributed by atoms with E-state index in [9.17, 15) is 9.59 Å². The largest absolute Gasteiger partial charge is 0.465 e. The van der Waals surface area contributed by atoms with E-state index in [4.69, 9.17) is 4.74 Å². The summed E-state index contributed by atoms with van der Waals surface area (Å²) in [6.45, 7) is 3.77. The zero-order valence-electron chi connectivity index (χ0n) is 12.2. The van der Waals surface area contributed by atoms with Gasteiger partial charge in [0.05, 0.1) is 24.0 Å². The van der Waals surface area contributed by atoms with Crippen molar-refractivity contribution in [3.63, 3.8) is 0 Å². The minimum absolute atomic E-state index is 0.00970. The molecule has 2 rings (SSSR count). The van der Waals surface area contributed by atoms with E-state index in [1.54, 1.807) is 18.0 Å². The van der Waals surface area contributed by atoms with Gasteiger partial charge < -0.3 is 14.5 Å². The number of methoxy groups -OCH3 is 1. The fourth-order valence-electron chi connectivity index (χ4n) is 2.32. The Bertz CT molecular complexity index is 598. The molecule has 1 aromatic rings. The van der Waals surface area contributed by atoms with Crippen LogP contribution in [0.5, 0.6) is 0 Å². The molecule has 0 aromatic heterocycles. The van der Waals surface area contributed by atoms with E-state index in [2.05, 4.69) is 22.6 Å². The highest BCUT2D eigenvalue weighted by atomic mass is 127. The molecule has 1 amide bonds. The summed E-state index contributed by atoms with van der Waals surface area (Å²) in [6.07, 6.45) is 0. The van der Waals surface area contributed by atoms with E-state index in [1.807, 2.05) is 31.9 Å². The van der Waals surface area contributed by atoms with Gasteiger partial charge >= 0.3 is 5.97 Å². The number of halogens is 1. The number of carbonyl (C=O) groups excluding carboxylic acids is 2. The Morgan fingerprint density at radius 2 is 1.85 bits per heavy atom. The number of benzene rings is 1. The van der Waals surface area contributed by atoms with Gasteiger partial charge in [-0.05, 0) is 48.6 Å². The molecule has 108 valence electrons. The Balaban J connectivity index is 2.67. The first kappa shape index (κ1) is 15.1. The number of ether oxygens (including phenoxy) is 1. The number of rotatable bonds is 1. The van der Waals surface area contributed by atoms with Crippen LogP contribution in [-0.2, 0) is 9.53 Å². The SMILES string of the molecule is COC(=O)c1cc2c(cc1I)N(C)C(C)(C)C(=O)N2C. The molecule has 6 heteroatoms. The molecule has 0 radical (unpaired) electrons. The second kappa shape index (κ2) is 4.91. The molecule has 1 heterocycles. The van der Waals surface area contributed by atoms with E-state index in [-0.39, 0.29) is 5.91 Å². The Labute approximate surface area is 132 Å². The summed E-state index contributed by atoms with van der Waals surface area (Å²) >= 11 is 2.11. The lowest BCUT2D eigenvalue weighted by Gasteiger charge is -2.45. The standard InChI is InChI=1S/C14H17IN2O3/c1-14(2)13(19)16(3)10-6-8(12(18)20-5)9(15)7-11(10)17(14)4/h6-7H,1-5H3. The molecule has 0 saturated heterocycles. The average Bonchev–Trinajstić information content (AvgIpc) is 2.42. The molecule has 1 aliphatic heterocycles. The number of likely N-dealkylation sites (N-methyl/N-ethyl adjacent to an activating group) is 2. The maximum absolute atomic E-state index is 12.4. The third-order valence-corrected chi connectivity index (χ3v) is 4.75. The van der Waals surface area contributed by atoms with Gasteiger partial charge in [-0.25, -0.2) is 4.79 Å². The van der Waals surface area contributed by atoms with Gasteiger partial charge in [0.25, 0.3) is 5.91 Å². The van der Waals surface area contributed by atoms with Crippen LogP contribution in [0.1, 0.15) is 24.2 Å². The number of anilines is 2. The highest BCUT2D eigenvalue weighted by Gasteiger charge is 2.41. The van der Waals surface area contributed by atoms with Crippen LogP contribution in [0.25, 0.3) is 0 Å². The molecule has 0 atom stereocenters. The zero-order chi connectivity index (χ0) is 15.2. The lowest BCUT2D eigenvalue weighted by Crippen LogP contribution is -2.58. The molecule has 1 aromatic carbocycles. The van der Waals surface area contributed by atoms with Gasteiger partial charge in [-0.1, -0.05) is 0 Å². The minimum atomic E-state index is -0.613. The van der Waals surface area contributed by atoms with Crippen molar-refractivity contribution in [1.82, 2.24) is 0 Å². The second-order valence-electron chi connectivity index (χ2n) is 5.29. The Kier molecular flexibility index (Phi) is 3.70. The average molecular weight is 388 g/mol. The molecule has 1 aliphatic rings. The maximum atomic E-state index is 12.4. The molecular weight excluding hydrogens is 371 g/mol. The van der Waals surface area contributed by atoms with Gasteiger partial charge in [-0.15, -0.1) is 0 Å². The van der Waals surface area contributed by atoms with Crippen molar-refractivity contribution in [3.8, 4) is 0 Å². The van der Waals surface area contributed by atoms with Crippen molar-refractivity contribution in [1.29, 1.82) is 0 Å². The zero-order valence-corrected chi connectivity index (χ0v) is 14.3. The molecule has 0 aliphatic carbocycles. The first-order valence-electron chi connectivity index (χ1n) is 6.15. The molecule has 0 N–H and O–H groups in total. The van der Waals surface area contributed by atoms with E-state index in [1.165, 1.54) is 7.11 Å². The van der Waals surface area contributed by atoms with E-state index in [0.717, 1.165) is 14.9 Å². The molecule has 0 unspecified atom stereocenters. The summed E-state index contributed by atoms with van der Waals surface area (Å²) in [6, 6.07) is 3.62. The van der Waals surface area contributed by atoms with E-state index in [0.29, 0.717) is 5.56 Å². The van der Waals surface area contributed by atoms with Gasteiger partial charge in [0.15, 0.2) is 0 Å². The molecule has 0 fully saturated rings. The van der Waals surface area contributed by atoms with Crippen molar-refractivity contribution in [2.75, 3.05) is 31.0 Å². The molecule has 20 heavy (non-hydrogen) atoms. The normalized spacial score (nSPS) is 17.0. The Morgan fingerprint density at radius 3 is 2.40 bits per heavy atom. The summed E-state index contributed by atoms with van der Waals surface area (Å²) in [7, 11) is 4.96. The summed E-state index contributed by atoms with van der Waals surface area (Å²) in [5.74, 6) is -0.407. The van der Waals surface area contributed by atoms with Crippen LogP contribution in [0.4, 0.5) is 11.4 Å². The molecule has 0 saturated carbocycles. The number of hydrogen-bond acceptors (Lipinski definition) is 4. The predicted molar refractivity (Wildman–Crippen MR) is 86.4 cm³/mol. The quantitative estimate of drug-likeness (QED) is 0.547. The van der Waals surface area contributed by atoms with Gasteiger partial charge in [-0.2, -0.15) is 0 Å². The second-order valence-corrected chi connectivity index (χ2v) is 6.46. The van der Waals surface area contributed by atoms with Crippen LogP contribution in [-0.4, -0.2) is 38.6 Å². The number of fused-ring (bicyclic) bond motifs is 1. The lowest BCUT2D eigenvalue weighted by atomic mass is 9.95. The minimum Gasteiger partial charge on any atom is -0.465 e. The van der Waals surface area contributed by atoms with Crippen LogP contribution in [0.3, 0.4) is 0 Å². The summed E-state index contributed by atoms with van der Waals surface area (Å²) in [5.41, 5.74) is 1.50. The van der Waals surface area contributed by atoms with E-state index < -0.39 is 11.5 Å². The van der Waals surface area contributed by atoms with Crippen LogP contribution in [0.2, 0.25) is 0 Å². The van der Waals surface area contributed by atoms with Gasteiger partial charge in [-0.3, -0.25) is 4.79 Å². The number of esters is 1. The van der Waals surface area contributed by atoms with Crippen molar-refractivity contribution < 1.29 is 14.3 Å². The smallest absolute Gasteiger partial charge is 0.339 e. The van der Waals surface area contributed by atoms with Crippen LogP contribution in [0.15, 0.2) is 12.1 Å². The molecular formula is C14H17IN2O3. The van der Waals surface area contributed by atoms with Crippen LogP contribution >= 0.6 is 22.6 Å². The highest BCUT2D eigenvalue weighted by Crippen LogP contribution is 2.40. The molecule has 0 bridgehead atoms. The molecule has 5 nitrogen and oxygen atoms in total. The van der Waals surface area contributed by atoms with Gasteiger partial charge in [0.1, 0.15) is 5.54 Å². The number of carbonyl (C=O) groups is 2. The Hall–Kier alpha value is -1.31. The van der Waals surface area contributed by atoms with Gasteiger partial charge in [0.2, 0.25) is 0 Å². The first-order valence-corrected chi connectivity index (χ1v) is 7.23. The number of amides is 1. The summed E-state index contributed by atoms with van der Waals surface area (Å²) in [5, 5.41) is 0. The molecule has 0 spiro atoms. The van der Waals surface area contributed by atoms with Crippen molar-refractivity contribution in [2.24, 2.45) is 0 Å². The number of nitrogens with zero attached hydrogens (tertiary/aromatic N) is 2. The van der Waals surface area contributed by atoms with Crippen LogP contribution in [0, 0.1) is 3.57 Å². The van der Waals surface area contributed by atoms with Crippen molar-refractivity contribution >= 4 is 45.8 Å². The summed E-state index contributed by atoms with van der Waals surface area (Å²) < 4.78 is 5.58. The van der Waals surface area contributed by atoms with Crippen LogP contribution < -0.4 is 9.80 Å².